The molecular formula is C17H21ClN2OS. The normalized spacial score (nSPS) is 10.9. The SMILES string of the molecule is CCCCCc1c(C)nc(SCc2ccccc2Cl)[nH]c1=O. The van der Waals surface area contributed by atoms with E-state index in [1.165, 1.54) is 11.8 Å². The molecule has 0 saturated carbocycles. The van der Waals surface area contributed by atoms with Gasteiger partial charge in [-0.2, -0.15) is 0 Å². The number of hydrogen-bond donors (Lipinski definition) is 1. The van der Waals surface area contributed by atoms with Crippen molar-refractivity contribution in [3.8, 4) is 0 Å². The van der Waals surface area contributed by atoms with E-state index in [0.29, 0.717) is 10.9 Å². The van der Waals surface area contributed by atoms with Crippen LogP contribution in [0.25, 0.3) is 0 Å². The maximum absolute atomic E-state index is 12.2. The van der Waals surface area contributed by atoms with Gasteiger partial charge in [-0.3, -0.25) is 4.79 Å². The second-order valence-electron chi connectivity index (χ2n) is 5.27. The van der Waals surface area contributed by atoms with E-state index in [1.54, 1.807) is 0 Å². The quantitative estimate of drug-likeness (QED) is 0.450. The summed E-state index contributed by atoms with van der Waals surface area (Å²) in [6, 6.07) is 7.72. The summed E-state index contributed by atoms with van der Waals surface area (Å²) in [5.41, 5.74) is 2.68. The molecule has 1 aromatic heterocycles. The van der Waals surface area contributed by atoms with Gasteiger partial charge >= 0.3 is 0 Å². The van der Waals surface area contributed by atoms with E-state index in [1.807, 2.05) is 31.2 Å². The fraction of sp³-hybridized carbons (Fsp3) is 0.412. The van der Waals surface area contributed by atoms with Crippen molar-refractivity contribution in [2.45, 2.75) is 50.4 Å². The van der Waals surface area contributed by atoms with Crippen LogP contribution in [-0.2, 0) is 12.2 Å². The summed E-state index contributed by atoms with van der Waals surface area (Å²) in [6.45, 7) is 4.07. The second kappa shape index (κ2) is 8.39. The molecule has 0 aliphatic heterocycles. The van der Waals surface area contributed by atoms with Crippen LogP contribution >= 0.6 is 23.4 Å². The molecule has 2 aromatic rings. The Kier molecular flexibility index (Phi) is 6.52. The van der Waals surface area contributed by atoms with Gasteiger partial charge in [0.25, 0.3) is 5.56 Å². The lowest BCUT2D eigenvalue weighted by Crippen LogP contribution is -2.17. The van der Waals surface area contributed by atoms with Gasteiger partial charge < -0.3 is 4.98 Å². The van der Waals surface area contributed by atoms with Crippen molar-refractivity contribution in [2.75, 3.05) is 0 Å². The number of aromatic amines is 1. The molecule has 0 radical (unpaired) electrons. The highest BCUT2D eigenvalue weighted by Gasteiger charge is 2.09. The van der Waals surface area contributed by atoms with Crippen molar-refractivity contribution < 1.29 is 0 Å². The number of nitrogens with zero attached hydrogens (tertiary/aromatic N) is 1. The van der Waals surface area contributed by atoms with E-state index in [2.05, 4.69) is 16.9 Å². The van der Waals surface area contributed by atoms with Gasteiger partial charge in [0.2, 0.25) is 0 Å². The van der Waals surface area contributed by atoms with Crippen molar-refractivity contribution >= 4 is 23.4 Å². The van der Waals surface area contributed by atoms with Crippen molar-refractivity contribution in [3.63, 3.8) is 0 Å². The van der Waals surface area contributed by atoms with Crippen molar-refractivity contribution in [1.82, 2.24) is 9.97 Å². The Hall–Kier alpha value is -1.26. The minimum atomic E-state index is -0.00902. The molecule has 1 N–H and O–H groups in total. The minimum absolute atomic E-state index is 0.00902. The lowest BCUT2D eigenvalue weighted by atomic mass is 10.1. The van der Waals surface area contributed by atoms with Gasteiger partial charge in [0.05, 0.1) is 0 Å². The number of unbranched alkanes of at least 4 members (excludes halogenated alkanes) is 2. The first-order valence-electron chi connectivity index (χ1n) is 7.57. The van der Waals surface area contributed by atoms with Crippen molar-refractivity contribution in [3.05, 3.63) is 56.5 Å². The Balaban J connectivity index is 2.07. The van der Waals surface area contributed by atoms with Crippen LogP contribution in [0.2, 0.25) is 5.02 Å². The van der Waals surface area contributed by atoms with E-state index in [4.69, 9.17) is 11.6 Å². The molecule has 1 aromatic carbocycles. The number of benzene rings is 1. The molecule has 1 heterocycles. The Bertz CT molecular complexity index is 685. The standard InChI is InChI=1S/C17H21ClN2OS/c1-3-4-5-9-14-12(2)19-17(20-16(14)21)22-11-13-8-6-7-10-15(13)18/h6-8,10H,3-5,9,11H2,1-2H3,(H,19,20,21). The van der Waals surface area contributed by atoms with Gasteiger partial charge in [0, 0.05) is 22.0 Å². The molecule has 3 nitrogen and oxygen atoms in total. The third-order valence-electron chi connectivity index (χ3n) is 3.55. The van der Waals surface area contributed by atoms with E-state index in [-0.39, 0.29) is 5.56 Å². The van der Waals surface area contributed by atoms with E-state index in [9.17, 15) is 4.79 Å². The summed E-state index contributed by atoms with van der Waals surface area (Å²) in [4.78, 5) is 19.6. The van der Waals surface area contributed by atoms with Crippen LogP contribution < -0.4 is 5.56 Å². The highest BCUT2D eigenvalue weighted by molar-refractivity contribution is 7.98. The summed E-state index contributed by atoms with van der Waals surface area (Å²) >= 11 is 7.65. The topological polar surface area (TPSA) is 45.8 Å². The number of H-pyrrole nitrogens is 1. The van der Waals surface area contributed by atoms with E-state index < -0.39 is 0 Å². The Morgan fingerprint density at radius 1 is 1.27 bits per heavy atom. The molecule has 22 heavy (non-hydrogen) atoms. The number of halogens is 1. The van der Waals surface area contributed by atoms with Crippen LogP contribution in [0.4, 0.5) is 0 Å². The molecule has 0 aliphatic carbocycles. The summed E-state index contributed by atoms with van der Waals surface area (Å²) in [5.74, 6) is 0.692. The van der Waals surface area contributed by atoms with Gasteiger partial charge in [-0.15, -0.1) is 0 Å². The average Bonchev–Trinajstić information content (AvgIpc) is 2.49. The first-order chi connectivity index (χ1) is 10.6. The molecule has 0 unspecified atom stereocenters. The molecule has 0 amide bonds. The Morgan fingerprint density at radius 3 is 2.73 bits per heavy atom. The largest absolute Gasteiger partial charge is 0.301 e. The minimum Gasteiger partial charge on any atom is -0.301 e. The fourth-order valence-electron chi connectivity index (χ4n) is 2.26. The molecular weight excluding hydrogens is 316 g/mol. The molecule has 0 spiro atoms. The average molecular weight is 337 g/mol. The summed E-state index contributed by atoms with van der Waals surface area (Å²) < 4.78 is 0. The first kappa shape index (κ1) is 17.1. The van der Waals surface area contributed by atoms with E-state index >= 15 is 0 Å². The first-order valence-corrected chi connectivity index (χ1v) is 8.94. The van der Waals surface area contributed by atoms with Gasteiger partial charge in [-0.25, -0.2) is 4.98 Å². The monoisotopic (exact) mass is 336 g/mol. The van der Waals surface area contributed by atoms with Gasteiger partial charge in [-0.05, 0) is 31.4 Å². The van der Waals surface area contributed by atoms with Crippen LogP contribution in [0, 0.1) is 6.92 Å². The lowest BCUT2D eigenvalue weighted by Gasteiger charge is -2.07. The molecule has 2 rings (SSSR count). The van der Waals surface area contributed by atoms with Crippen LogP contribution in [0.1, 0.15) is 43.0 Å². The molecule has 0 aliphatic rings. The number of rotatable bonds is 7. The summed E-state index contributed by atoms with van der Waals surface area (Å²) in [5, 5.41) is 1.40. The third-order valence-corrected chi connectivity index (χ3v) is 4.84. The third kappa shape index (κ3) is 4.62. The predicted octanol–water partition coefficient (Wildman–Crippen LogP) is 4.76. The van der Waals surface area contributed by atoms with Gasteiger partial charge in [-0.1, -0.05) is 61.3 Å². The van der Waals surface area contributed by atoms with E-state index in [0.717, 1.165) is 47.5 Å². The second-order valence-corrected chi connectivity index (χ2v) is 6.64. The zero-order chi connectivity index (χ0) is 15.9. The highest BCUT2D eigenvalue weighted by atomic mass is 35.5. The number of thioether (sulfide) groups is 1. The summed E-state index contributed by atoms with van der Waals surface area (Å²) in [6.07, 6.45) is 4.13. The zero-order valence-electron chi connectivity index (χ0n) is 13.0. The molecule has 5 heteroatoms. The fourth-order valence-corrected chi connectivity index (χ4v) is 3.45. The van der Waals surface area contributed by atoms with Crippen LogP contribution in [0.3, 0.4) is 0 Å². The van der Waals surface area contributed by atoms with Crippen LogP contribution in [-0.4, -0.2) is 9.97 Å². The predicted molar refractivity (Wildman–Crippen MR) is 93.8 cm³/mol. The molecule has 0 bridgehead atoms. The Labute approximate surface area is 140 Å². The van der Waals surface area contributed by atoms with Crippen LogP contribution in [0.5, 0.6) is 0 Å². The molecule has 118 valence electrons. The Morgan fingerprint density at radius 2 is 2.05 bits per heavy atom. The maximum Gasteiger partial charge on any atom is 0.254 e. The number of hydrogen-bond acceptors (Lipinski definition) is 3. The molecule has 0 fully saturated rings. The van der Waals surface area contributed by atoms with Crippen molar-refractivity contribution in [2.24, 2.45) is 0 Å². The maximum atomic E-state index is 12.2. The summed E-state index contributed by atoms with van der Waals surface area (Å²) in [7, 11) is 0. The van der Waals surface area contributed by atoms with Gasteiger partial charge in [0.1, 0.15) is 0 Å². The molecule has 0 saturated heterocycles. The highest BCUT2D eigenvalue weighted by Crippen LogP contribution is 2.24. The number of aromatic nitrogens is 2. The smallest absolute Gasteiger partial charge is 0.254 e. The number of aryl methyl sites for hydroxylation is 1. The van der Waals surface area contributed by atoms with Crippen molar-refractivity contribution in [1.29, 1.82) is 0 Å². The molecule has 0 atom stereocenters. The lowest BCUT2D eigenvalue weighted by molar-refractivity contribution is 0.701. The van der Waals surface area contributed by atoms with Crippen LogP contribution in [0.15, 0.2) is 34.2 Å². The number of nitrogens with one attached hydrogen (secondary N) is 1. The zero-order valence-corrected chi connectivity index (χ0v) is 14.6. The van der Waals surface area contributed by atoms with Gasteiger partial charge in [0.15, 0.2) is 5.16 Å².